The van der Waals surface area contributed by atoms with Gasteiger partial charge in [0, 0.05) is 23.5 Å². The number of fused-ring (bicyclic) bond motifs is 1. The van der Waals surface area contributed by atoms with E-state index in [0.29, 0.717) is 4.77 Å². The molecule has 20 heavy (non-hydrogen) atoms. The summed E-state index contributed by atoms with van der Waals surface area (Å²) in [6.07, 6.45) is 5.80. The normalized spacial score (nSPS) is 14.3. The molecule has 2 aromatic rings. The van der Waals surface area contributed by atoms with E-state index in [1.807, 2.05) is 0 Å². The zero-order chi connectivity index (χ0) is 14.1. The average molecular weight is 288 g/mol. The first kappa shape index (κ1) is 13.5. The maximum atomic E-state index is 5.33. The van der Waals surface area contributed by atoms with E-state index in [0.717, 1.165) is 42.9 Å². The van der Waals surface area contributed by atoms with Gasteiger partial charge in [0.15, 0.2) is 10.6 Å². The van der Waals surface area contributed by atoms with Crippen molar-refractivity contribution in [2.24, 2.45) is 0 Å². The second-order valence-corrected chi connectivity index (χ2v) is 5.82. The highest BCUT2D eigenvalue weighted by molar-refractivity contribution is 7.71. The maximum Gasteiger partial charge on any atom is 0.195 e. The van der Waals surface area contributed by atoms with E-state index in [9.17, 15) is 0 Å². The first-order chi connectivity index (χ1) is 9.70. The minimum atomic E-state index is 0.693. The van der Waals surface area contributed by atoms with Gasteiger partial charge in [0.05, 0.1) is 0 Å². The van der Waals surface area contributed by atoms with Crippen molar-refractivity contribution >= 4 is 12.2 Å². The van der Waals surface area contributed by atoms with Crippen LogP contribution in [0, 0.1) is 11.7 Å². The van der Waals surface area contributed by atoms with Crippen molar-refractivity contribution in [3.8, 4) is 11.4 Å². The summed E-state index contributed by atoms with van der Waals surface area (Å²) in [7, 11) is 0. The fourth-order valence-electron chi connectivity index (χ4n) is 2.92. The van der Waals surface area contributed by atoms with Crippen LogP contribution < -0.4 is 0 Å². The molecule has 2 heterocycles. The van der Waals surface area contributed by atoms with Crippen LogP contribution in [0.15, 0.2) is 6.07 Å². The van der Waals surface area contributed by atoms with Gasteiger partial charge < -0.3 is 4.57 Å². The molecule has 0 bridgehead atoms. The number of nitrogens with zero attached hydrogens (tertiary/aromatic N) is 3. The second-order valence-electron chi connectivity index (χ2n) is 5.44. The van der Waals surface area contributed by atoms with Crippen molar-refractivity contribution < 1.29 is 0 Å². The summed E-state index contributed by atoms with van der Waals surface area (Å²) in [5.74, 6) is 0.926. The number of nitrogens with one attached hydrogen (secondary N) is 1. The maximum absolute atomic E-state index is 5.33. The van der Waals surface area contributed by atoms with Crippen LogP contribution in [-0.4, -0.2) is 19.7 Å². The van der Waals surface area contributed by atoms with Crippen LogP contribution in [0.4, 0.5) is 0 Å². The highest BCUT2D eigenvalue weighted by Crippen LogP contribution is 2.27. The number of pyridine rings is 1. The number of aromatic nitrogens is 4. The van der Waals surface area contributed by atoms with Crippen LogP contribution >= 0.6 is 12.2 Å². The van der Waals surface area contributed by atoms with Gasteiger partial charge in [-0.25, -0.2) is 0 Å². The predicted molar refractivity (Wildman–Crippen MR) is 82.3 cm³/mol. The van der Waals surface area contributed by atoms with Crippen LogP contribution in [0.1, 0.15) is 43.1 Å². The Kier molecular flexibility index (Phi) is 3.70. The number of H-pyrrole nitrogens is 1. The molecular weight excluding hydrogens is 268 g/mol. The Balaban J connectivity index is 2.12. The van der Waals surface area contributed by atoms with Crippen molar-refractivity contribution in [3.05, 3.63) is 27.8 Å². The lowest BCUT2D eigenvalue weighted by molar-refractivity contribution is 0.661. The molecule has 0 atom stereocenters. The third-order valence-electron chi connectivity index (χ3n) is 3.94. The van der Waals surface area contributed by atoms with Gasteiger partial charge in [-0.1, -0.05) is 6.92 Å². The lowest BCUT2D eigenvalue weighted by atomic mass is 9.94. The molecule has 1 aliphatic carbocycles. The first-order valence-electron chi connectivity index (χ1n) is 7.35. The molecule has 0 unspecified atom stereocenters. The molecule has 0 radical (unpaired) electrons. The molecular formula is C15H20N4S. The molecule has 5 heteroatoms. The van der Waals surface area contributed by atoms with Crippen molar-refractivity contribution in [2.75, 3.05) is 0 Å². The molecule has 4 nitrogen and oxygen atoms in total. The molecule has 0 saturated carbocycles. The molecule has 0 saturated heterocycles. The molecule has 0 amide bonds. The third-order valence-corrected chi connectivity index (χ3v) is 4.25. The molecule has 0 aliphatic heterocycles. The van der Waals surface area contributed by atoms with Crippen LogP contribution in [-0.2, 0) is 19.4 Å². The molecule has 0 spiro atoms. The zero-order valence-corrected chi connectivity index (χ0v) is 12.9. The Bertz CT molecular complexity index is 684. The Morgan fingerprint density at radius 1 is 1.35 bits per heavy atom. The standard InChI is InChI=1S/C15H20N4S/c1-3-8-19-14(17-18-15(19)20)12-9-11-6-4-5-7-13(11)16-10(12)2/h9H,3-8H2,1-2H3,(H,18,20). The molecule has 2 aromatic heterocycles. The summed E-state index contributed by atoms with van der Waals surface area (Å²) in [4.78, 5) is 4.80. The van der Waals surface area contributed by atoms with Gasteiger partial charge in [0.1, 0.15) is 0 Å². The highest BCUT2D eigenvalue weighted by atomic mass is 32.1. The van der Waals surface area contributed by atoms with E-state index < -0.39 is 0 Å². The van der Waals surface area contributed by atoms with E-state index in [1.54, 1.807) is 0 Å². The lowest BCUT2D eigenvalue weighted by Crippen LogP contribution is -2.09. The summed E-state index contributed by atoms with van der Waals surface area (Å²) in [5.41, 5.74) is 4.82. The number of rotatable bonds is 3. The first-order valence-corrected chi connectivity index (χ1v) is 7.76. The number of aromatic amines is 1. The number of hydrogen-bond donors (Lipinski definition) is 1. The van der Waals surface area contributed by atoms with Gasteiger partial charge in [-0.2, -0.15) is 5.10 Å². The predicted octanol–water partition coefficient (Wildman–Crippen LogP) is 3.60. The molecule has 3 rings (SSSR count). The number of aryl methyl sites for hydroxylation is 3. The molecule has 0 fully saturated rings. The van der Waals surface area contributed by atoms with Gasteiger partial charge in [-0.15, -0.1) is 0 Å². The molecule has 1 N–H and O–H groups in total. The van der Waals surface area contributed by atoms with Crippen molar-refractivity contribution in [3.63, 3.8) is 0 Å². The van der Waals surface area contributed by atoms with Crippen LogP contribution in [0.2, 0.25) is 0 Å². The van der Waals surface area contributed by atoms with E-state index in [1.165, 1.54) is 24.1 Å². The number of hydrogen-bond acceptors (Lipinski definition) is 3. The fourth-order valence-corrected chi connectivity index (χ4v) is 3.14. The lowest BCUT2D eigenvalue weighted by Gasteiger charge is -2.17. The largest absolute Gasteiger partial charge is 0.300 e. The van der Waals surface area contributed by atoms with Crippen molar-refractivity contribution in [1.82, 2.24) is 19.7 Å². The van der Waals surface area contributed by atoms with Gasteiger partial charge in [0.2, 0.25) is 0 Å². The van der Waals surface area contributed by atoms with Crippen LogP contribution in [0.25, 0.3) is 11.4 Å². The third kappa shape index (κ3) is 2.30. The fraction of sp³-hybridized carbons (Fsp3) is 0.533. The van der Waals surface area contributed by atoms with Gasteiger partial charge in [0.25, 0.3) is 0 Å². The molecule has 106 valence electrons. The zero-order valence-electron chi connectivity index (χ0n) is 12.1. The van der Waals surface area contributed by atoms with Crippen LogP contribution in [0.5, 0.6) is 0 Å². The quantitative estimate of drug-likeness (QED) is 0.878. The Morgan fingerprint density at radius 2 is 2.15 bits per heavy atom. The second kappa shape index (κ2) is 5.48. The van der Waals surface area contributed by atoms with Gasteiger partial charge in [-0.05, 0) is 62.9 Å². The highest BCUT2D eigenvalue weighted by Gasteiger charge is 2.17. The summed E-state index contributed by atoms with van der Waals surface area (Å²) in [6, 6.07) is 2.27. The van der Waals surface area contributed by atoms with E-state index >= 15 is 0 Å². The van der Waals surface area contributed by atoms with E-state index in [-0.39, 0.29) is 0 Å². The summed E-state index contributed by atoms with van der Waals surface area (Å²) in [6.45, 7) is 5.11. The molecule has 1 aliphatic rings. The van der Waals surface area contributed by atoms with E-state index in [4.69, 9.17) is 17.2 Å². The Labute approximate surface area is 124 Å². The average Bonchev–Trinajstić information content (AvgIpc) is 2.80. The summed E-state index contributed by atoms with van der Waals surface area (Å²) >= 11 is 5.33. The van der Waals surface area contributed by atoms with Gasteiger partial charge >= 0.3 is 0 Å². The Morgan fingerprint density at radius 3 is 2.95 bits per heavy atom. The topological polar surface area (TPSA) is 46.5 Å². The SMILES string of the molecule is CCCn1c(-c2cc3c(nc2C)CCCC3)n[nH]c1=S. The minimum absolute atomic E-state index is 0.693. The summed E-state index contributed by atoms with van der Waals surface area (Å²) in [5, 5.41) is 7.34. The van der Waals surface area contributed by atoms with Crippen LogP contribution in [0.3, 0.4) is 0 Å². The van der Waals surface area contributed by atoms with E-state index in [2.05, 4.69) is 34.7 Å². The van der Waals surface area contributed by atoms with Gasteiger partial charge in [-0.3, -0.25) is 10.1 Å². The molecule has 0 aromatic carbocycles. The summed E-state index contributed by atoms with van der Waals surface area (Å²) < 4.78 is 2.77. The monoisotopic (exact) mass is 288 g/mol. The minimum Gasteiger partial charge on any atom is -0.300 e. The smallest absolute Gasteiger partial charge is 0.195 e. The Hall–Kier alpha value is -1.49. The van der Waals surface area contributed by atoms with Crippen molar-refractivity contribution in [1.29, 1.82) is 0 Å². The van der Waals surface area contributed by atoms with Crippen molar-refractivity contribution in [2.45, 2.75) is 52.5 Å².